The van der Waals surface area contributed by atoms with Crippen molar-refractivity contribution in [1.82, 2.24) is 4.31 Å². The van der Waals surface area contributed by atoms with Crippen molar-refractivity contribution in [2.45, 2.75) is 12.3 Å². The molecule has 1 aromatic heterocycles. The molecular formula is C15H17NO2S2. The van der Waals surface area contributed by atoms with Crippen molar-refractivity contribution in [3.8, 4) is 0 Å². The van der Waals surface area contributed by atoms with Gasteiger partial charge in [-0.15, -0.1) is 17.9 Å². The maximum Gasteiger partial charge on any atom is 0.218 e. The highest BCUT2D eigenvalue weighted by Crippen LogP contribution is 2.17. The average molecular weight is 307 g/mol. The summed E-state index contributed by atoms with van der Waals surface area (Å²) in [4.78, 5) is 1.03. The summed E-state index contributed by atoms with van der Waals surface area (Å²) in [6.45, 7) is 4.38. The van der Waals surface area contributed by atoms with Gasteiger partial charge in [0, 0.05) is 18.0 Å². The summed E-state index contributed by atoms with van der Waals surface area (Å²) in [7, 11) is -3.34. The lowest BCUT2D eigenvalue weighted by Crippen LogP contribution is -2.31. The van der Waals surface area contributed by atoms with Crippen LogP contribution in [-0.2, 0) is 22.3 Å². The molecule has 2 aromatic rings. The predicted molar refractivity (Wildman–Crippen MR) is 84.0 cm³/mol. The third-order valence-corrected chi connectivity index (χ3v) is 5.45. The van der Waals surface area contributed by atoms with E-state index in [0.717, 1.165) is 10.4 Å². The highest BCUT2D eigenvalue weighted by molar-refractivity contribution is 7.88. The van der Waals surface area contributed by atoms with Gasteiger partial charge in [-0.25, -0.2) is 8.42 Å². The van der Waals surface area contributed by atoms with Crippen molar-refractivity contribution in [3.63, 3.8) is 0 Å². The molecule has 0 atom stereocenters. The summed E-state index contributed by atoms with van der Waals surface area (Å²) in [5.74, 6) is 0.0209. The smallest absolute Gasteiger partial charge is 0.212 e. The highest BCUT2D eigenvalue weighted by Gasteiger charge is 2.21. The molecule has 0 aliphatic rings. The van der Waals surface area contributed by atoms with E-state index in [4.69, 9.17) is 0 Å². The van der Waals surface area contributed by atoms with Gasteiger partial charge in [-0.2, -0.15) is 4.31 Å². The van der Waals surface area contributed by atoms with Crippen molar-refractivity contribution in [2.24, 2.45) is 0 Å². The van der Waals surface area contributed by atoms with E-state index in [0.29, 0.717) is 13.1 Å². The first kappa shape index (κ1) is 15.0. The van der Waals surface area contributed by atoms with Crippen LogP contribution in [0.3, 0.4) is 0 Å². The van der Waals surface area contributed by atoms with E-state index >= 15 is 0 Å². The van der Waals surface area contributed by atoms with Gasteiger partial charge in [-0.3, -0.25) is 0 Å². The molecule has 20 heavy (non-hydrogen) atoms. The van der Waals surface area contributed by atoms with Crippen LogP contribution in [0.4, 0.5) is 0 Å². The molecule has 1 aromatic carbocycles. The number of hydrogen-bond acceptors (Lipinski definition) is 3. The molecule has 0 fully saturated rings. The summed E-state index contributed by atoms with van der Waals surface area (Å²) in [5.41, 5.74) is 0.799. The van der Waals surface area contributed by atoms with Crippen LogP contribution in [0.5, 0.6) is 0 Å². The Morgan fingerprint density at radius 2 is 1.90 bits per heavy atom. The van der Waals surface area contributed by atoms with Gasteiger partial charge in [0.25, 0.3) is 0 Å². The predicted octanol–water partition coefficient (Wildman–Crippen LogP) is 3.27. The Hall–Kier alpha value is -1.43. The zero-order chi connectivity index (χ0) is 14.4. The maximum absolute atomic E-state index is 12.5. The van der Waals surface area contributed by atoms with E-state index in [-0.39, 0.29) is 5.75 Å². The second-order valence-corrected chi connectivity index (χ2v) is 7.40. The second kappa shape index (κ2) is 6.83. The lowest BCUT2D eigenvalue weighted by molar-refractivity contribution is 0.440. The van der Waals surface area contributed by atoms with Crippen molar-refractivity contribution in [3.05, 3.63) is 70.9 Å². The molecule has 0 radical (unpaired) electrons. The van der Waals surface area contributed by atoms with E-state index in [1.807, 2.05) is 47.8 Å². The molecule has 0 saturated heterocycles. The Kier molecular flexibility index (Phi) is 5.11. The largest absolute Gasteiger partial charge is 0.218 e. The molecule has 2 rings (SSSR count). The van der Waals surface area contributed by atoms with Gasteiger partial charge >= 0.3 is 0 Å². The third-order valence-electron chi connectivity index (χ3n) is 2.83. The Bertz CT molecular complexity index is 634. The molecule has 0 unspecified atom stereocenters. The number of thiophene rings is 1. The second-order valence-electron chi connectivity index (χ2n) is 4.40. The lowest BCUT2D eigenvalue weighted by atomic mass is 10.2. The summed E-state index contributed by atoms with van der Waals surface area (Å²) in [6, 6.07) is 13.1. The Morgan fingerprint density at radius 1 is 1.15 bits per heavy atom. The standard InChI is InChI=1S/C15H17NO2S2/c1-2-10-16(12-15-9-6-11-19-15)20(17,18)13-14-7-4-3-5-8-14/h2-9,11H,1,10,12-13H2. The quantitative estimate of drug-likeness (QED) is 0.736. The van der Waals surface area contributed by atoms with E-state index in [2.05, 4.69) is 6.58 Å². The first-order valence-electron chi connectivity index (χ1n) is 6.27. The number of sulfonamides is 1. The SMILES string of the molecule is C=CCN(Cc1cccs1)S(=O)(=O)Cc1ccccc1. The molecule has 0 amide bonds. The van der Waals surface area contributed by atoms with E-state index < -0.39 is 10.0 Å². The summed E-state index contributed by atoms with van der Waals surface area (Å²) < 4.78 is 26.5. The zero-order valence-electron chi connectivity index (χ0n) is 11.1. The highest BCUT2D eigenvalue weighted by atomic mass is 32.2. The summed E-state index contributed by atoms with van der Waals surface area (Å²) in [6.07, 6.45) is 1.62. The molecule has 0 spiro atoms. The van der Waals surface area contributed by atoms with Crippen molar-refractivity contribution >= 4 is 21.4 Å². The van der Waals surface area contributed by atoms with E-state index in [9.17, 15) is 8.42 Å². The third kappa shape index (κ3) is 4.03. The van der Waals surface area contributed by atoms with E-state index in [1.165, 1.54) is 4.31 Å². The fourth-order valence-corrected chi connectivity index (χ4v) is 4.14. The Morgan fingerprint density at radius 3 is 2.50 bits per heavy atom. The van der Waals surface area contributed by atoms with Crippen LogP contribution in [0.25, 0.3) is 0 Å². The Balaban J connectivity index is 2.16. The molecule has 0 bridgehead atoms. The van der Waals surface area contributed by atoms with Crippen LogP contribution in [-0.4, -0.2) is 19.3 Å². The molecule has 5 heteroatoms. The molecule has 106 valence electrons. The molecule has 3 nitrogen and oxygen atoms in total. The minimum Gasteiger partial charge on any atom is -0.212 e. The molecular weight excluding hydrogens is 290 g/mol. The number of nitrogens with zero attached hydrogens (tertiary/aromatic N) is 1. The molecule has 0 N–H and O–H groups in total. The normalized spacial score (nSPS) is 11.7. The van der Waals surface area contributed by atoms with E-state index in [1.54, 1.807) is 17.4 Å². The molecule has 0 saturated carbocycles. The van der Waals surface area contributed by atoms with Crippen LogP contribution < -0.4 is 0 Å². The maximum atomic E-state index is 12.5. The number of benzene rings is 1. The van der Waals surface area contributed by atoms with Crippen molar-refractivity contribution in [2.75, 3.05) is 6.54 Å². The van der Waals surface area contributed by atoms with Gasteiger partial charge in [0.05, 0.1) is 5.75 Å². The molecule has 0 aliphatic carbocycles. The minimum atomic E-state index is -3.34. The Labute approximate surface area is 124 Å². The van der Waals surface area contributed by atoms with Crippen LogP contribution in [0.2, 0.25) is 0 Å². The molecule has 0 aliphatic heterocycles. The van der Waals surface area contributed by atoms with Gasteiger partial charge in [-0.05, 0) is 17.0 Å². The van der Waals surface area contributed by atoms with Crippen molar-refractivity contribution < 1.29 is 8.42 Å². The average Bonchev–Trinajstić information content (AvgIpc) is 2.92. The first-order chi connectivity index (χ1) is 9.62. The fraction of sp³-hybridized carbons (Fsp3) is 0.200. The topological polar surface area (TPSA) is 37.4 Å². The van der Waals surface area contributed by atoms with Crippen LogP contribution in [0.15, 0.2) is 60.5 Å². The number of hydrogen-bond donors (Lipinski definition) is 0. The summed E-state index contributed by atoms with van der Waals surface area (Å²) >= 11 is 1.56. The first-order valence-corrected chi connectivity index (χ1v) is 8.76. The van der Waals surface area contributed by atoms with Gasteiger partial charge in [0.1, 0.15) is 0 Å². The van der Waals surface area contributed by atoms with Gasteiger partial charge < -0.3 is 0 Å². The zero-order valence-corrected chi connectivity index (χ0v) is 12.7. The summed E-state index contributed by atoms with van der Waals surface area (Å²) in [5, 5.41) is 1.95. The minimum absolute atomic E-state index is 0.0209. The molecule has 1 heterocycles. The lowest BCUT2D eigenvalue weighted by Gasteiger charge is -2.20. The van der Waals surface area contributed by atoms with Crippen LogP contribution in [0.1, 0.15) is 10.4 Å². The van der Waals surface area contributed by atoms with Crippen LogP contribution >= 0.6 is 11.3 Å². The van der Waals surface area contributed by atoms with Gasteiger partial charge in [0.15, 0.2) is 0 Å². The van der Waals surface area contributed by atoms with Crippen LogP contribution in [0, 0.1) is 0 Å². The fourth-order valence-electron chi connectivity index (χ4n) is 1.87. The van der Waals surface area contributed by atoms with Gasteiger partial charge in [0.2, 0.25) is 10.0 Å². The van der Waals surface area contributed by atoms with Crippen molar-refractivity contribution in [1.29, 1.82) is 0 Å². The monoisotopic (exact) mass is 307 g/mol. The number of rotatable bonds is 7. The van der Waals surface area contributed by atoms with Gasteiger partial charge in [-0.1, -0.05) is 42.5 Å².